The molecule has 16 heteroatoms. The normalized spacial score (nSPS) is 20.7. The number of thioether (sulfide) groups is 2. The number of carbonyl (C=O) groups excluding carboxylic acids is 2. The van der Waals surface area contributed by atoms with Crippen molar-refractivity contribution in [2.75, 3.05) is 11.5 Å². The van der Waals surface area contributed by atoms with Gasteiger partial charge in [-0.3, -0.25) is 14.5 Å². The van der Waals surface area contributed by atoms with Crippen molar-refractivity contribution in [3.05, 3.63) is 22.6 Å². The molecular formula is C14H15N9O4S3. The Morgan fingerprint density at radius 1 is 1.40 bits per heavy atom. The Balaban J connectivity index is 1.43. The first-order chi connectivity index (χ1) is 14.5. The summed E-state index contributed by atoms with van der Waals surface area (Å²) < 4.78 is 1.91. The summed E-state index contributed by atoms with van der Waals surface area (Å²) in [6.45, 7) is 0.159. The summed E-state index contributed by atoms with van der Waals surface area (Å²) in [4.78, 5) is 37.9. The molecule has 2 atom stereocenters. The van der Waals surface area contributed by atoms with Gasteiger partial charge in [0.15, 0.2) is 4.34 Å². The number of carboxylic acids is 1. The first kappa shape index (κ1) is 20.7. The van der Waals surface area contributed by atoms with Gasteiger partial charge in [0, 0.05) is 18.1 Å². The molecule has 2 aliphatic heterocycles. The van der Waals surface area contributed by atoms with E-state index in [1.807, 2.05) is 0 Å². The summed E-state index contributed by atoms with van der Waals surface area (Å²) in [6, 6.07) is -0.794. The number of nitrogens with zero attached hydrogens (tertiary/aromatic N) is 7. The molecule has 1 fully saturated rings. The average Bonchev–Trinajstić information content (AvgIpc) is 3.41. The van der Waals surface area contributed by atoms with Crippen molar-refractivity contribution >= 4 is 52.6 Å². The second-order valence-electron chi connectivity index (χ2n) is 6.17. The number of carbonyl (C=O) groups is 3. The number of nitrogens with one attached hydrogen (secondary N) is 1. The van der Waals surface area contributed by atoms with Gasteiger partial charge < -0.3 is 16.2 Å². The number of β-lactam (4-membered cyclic amide) rings is 1. The van der Waals surface area contributed by atoms with E-state index < -0.39 is 29.2 Å². The summed E-state index contributed by atoms with van der Waals surface area (Å²) in [7, 11) is 0. The van der Waals surface area contributed by atoms with Crippen molar-refractivity contribution in [1.29, 1.82) is 0 Å². The molecule has 0 radical (unpaired) electrons. The number of tetrazole rings is 1. The van der Waals surface area contributed by atoms with Crippen LogP contribution in [0.5, 0.6) is 0 Å². The van der Waals surface area contributed by atoms with E-state index in [0.717, 1.165) is 0 Å². The largest absolute Gasteiger partial charge is 0.477 e. The van der Waals surface area contributed by atoms with Crippen molar-refractivity contribution in [2.24, 2.45) is 5.73 Å². The standard InChI is InChI=1S/C14H15N9O4S3/c15-1-8-18-19-14(30-8)29-4-6-3-28-12-9(11(25)23(12)10(6)13(26)27)17-7(24)2-22-5-16-20-21-22/h5,9,12H,1-4,15H2,(H,17,24)(H,26,27)/t9?,12-/m1/s1. The highest BCUT2D eigenvalue weighted by molar-refractivity contribution is 8.01. The second kappa shape index (κ2) is 8.66. The maximum atomic E-state index is 12.6. The van der Waals surface area contributed by atoms with Crippen molar-refractivity contribution in [1.82, 2.24) is 40.6 Å². The van der Waals surface area contributed by atoms with Gasteiger partial charge in [-0.1, -0.05) is 23.1 Å². The van der Waals surface area contributed by atoms with Crippen LogP contribution in [0.2, 0.25) is 0 Å². The smallest absolute Gasteiger partial charge is 0.352 e. The van der Waals surface area contributed by atoms with Crippen molar-refractivity contribution < 1.29 is 19.5 Å². The molecule has 158 valence electrons. The fourth-order valence-electron chi connectivity index (χ4n) is 2.94. The van der Waals surface area contributed by atoms with Gasteiger partial charge in [0.05, 0.1) is 0 Å². The second-order valence-corrected chi connectivity index (χ2v) is 9.56. The molecule has 30 heavy (non-hydrogen) atoms. The van der Waals surface area contributed by atoms with E-state index in [9.17, 15) is 19.5 Å². The molecule has 13 nitrogen and oxygen atoms in total. The average molecular weight is 470 g/mol. The lowest BCUT2D eigenvalue weighted by Crippen LogP contribution is -2.70. The minimum atomic E-state index is -1.18. The molecule has 2 aromatic rings. The molecule has 0 spiro atoms. The van der Waals surface area contributed by atoms with E-state index in [1.54, 1.807) is 0 Å². The van der Waals surface area contributed by atoms with E-state index >= 15 is 0 Å². The third-order valence-corrected chi connectivity index (χ3v) is 7.76. The molecule has 2 aliphatic rings. The molecule has 1 saturated heterocycles. The Morgan fingerprint density at radius 3 is 2.90 bits per heavy atom. The van der Waals surface area contributed by atoms with Crippen LogP contribution in [0.3, 0.4) is 0 Å². The van der Waals surface area contributed by atoms with Crippen LogP contribution < -0.4 is 11.1 Å². The summed E-state index contributed by atoms with van der Waals surface area (Å²) >= 11 is 4.11. The SMILES string of the molecule is NCc1nnc(SCC2=C(C(=O)O)N3C(=O)C(NC(=O)Cn4cnnn4)[C@H]3SC2)s1. The lowest BCUT2D eigenvalue weighted by atomic mass is 10.0. The molecule has 0 bridgehead atoms. The summed E-state index contributed by atoms with van der Waals surface area (Å²) in [5.74, 6) is -1.29. The van der Waals surface area contributed by atoms with E-state index in [1.165, 1.54) is 50.8 Å². The van der Waals surface area contributed by atoms with Gasteiger partial charge >= 0.3 is 5.97 Å². The van der Waals surface area contributed by atoms with E-state index in [4.69, 9.17) is 5.73 Å². The minimum absolute atomic E-state index is 0.0363. The number of fused-ring (bicyclic) bond motifs is 1. The predicted molar refractivity (Wildman–Crippen MR) is 106 cm³/mol. The molecule has 4 heterocycles. The van der Waals surface area contributed by atoms with Crippen LogP contribution in [-0.2, 0) is 27.5 Å². The zero-order valence-corrected chi connectivity index (χ0v) is 17.6. The number of aliphatic carboxylic acids is 1. The number of aromatic nitrogens is 6. The number of hydrogen-bond acceptors (Lipinski definition) is 12. The summed E-state index contributed by atoms with van der Waals surface area (Å²) in [6.07, 6.45) is 1.29. The zero-order chi connectivity index (χ0) is 21.3. The third kappa shape index (κ3) is 4.03. The lowest BCUT2D eigenvalue weighted by molar-refractivity contribution is -0.150. The van der Waals surface area contributed by atoms with Crippen LogP contribution in [0.15, 0.2) is 21.9 Å². The molecule has 2 aromatic heterocycles. The lowest BCUT2D eigenvalue weighted by Gasteiger charge is -2.49. The van der Waals surface area contributed by atoms with Crippen molar-refractivity contribution in [3.63, 3.8) is 0 Å². The number of carboxylic acid groups (broad SMARTS) is 1. The molecule has 4 rings (SSSR count). The Hall–Kier alpha value is -2.56. The van der Waals surface area contributed by atoms with E-state index in [0.29, 0.717) is 33.0 Å². The Kier molecular flexibility index (Phi) is 5.98. The number of amides is 2. The highest BCUT2D eigenvalue weighted by Gasteiger charge is 2.54. The van der Waals surface area contributed by atoms with E-state index in [-0.39, 0.29) is 12.2 Å². The maximum Gasteiger partial charge on any atom is 0.352 e. The first-order valence-electron chi connectivity index (χ1n) is 8.53. The quantitative estimate of drug-likeness (QED) is 0.301. The molecule has 0 saturated carbocycles. The Bertz CT molecular complexity index is 1010. The van der Waals surface area contributed by atoms with Crippen LogP contribution in [-0.4, -0.2) is 81.1 Å². The number of rotatable bonds is 8. The number of nitrogens with two attached hydrogens (primary N) is 1. The Morgan fingerprint density at radius 2 is 2.23 bits per heavy atom. The summed E-state index contributed by atoms with van der Waals surface area (Å²) in [5.41, 5.74) is 6.11. The van der Waals surface area contributed by atoms with Gasteiger partial charge in [0.1, 0.15) is 35.0 Å². The van der Waals surface area contributed by atoms with E-state index in [2.05, 4.69) is 31.0 Å². The summed E-state index contributed by atoms with van der Waals surface area (Å²) in [5, 5.41) is 31.0. The monoisotopic (exact) mass is 469 g/mol. The van der Waals surface area contributed by atoms with Crippen LogP contribution in [0, 0.1) is 0 Å². The van der Waals surface area contributed by atoms with Crippen LogP contribution in [0.25, 0.3) is 0 Å². The first-order valence-corrected chi connectivity index (χ1v) is 11.4. The Labute approximate surface area is 181 Å². The number of hydrogen-bond donors (Lipinski definition) is 3. The fraction of sp³-hybridized carbons (Fsp3) is 0.429. The van der Waals surface area contributed by atoms with Gasteiger partial charge in [0.2, 0.25) is 5.91 Å². The molecule has 2 amide bonds. The highest BCUT2D eigenvalue weighted by Crippen LogP contribution is 2.41. The van der Waals surface area contributed by atoms with Crippen LogP contribution >= 0.6 is 34.9 Å². The maximum absolute atomic E-state index is 12.6. The van der Waals surface area contributed by atoms with Crippen molar-refractivity contribution in [2.45, 2.75) is 28.8 Å². The molecule has 1 unspecified atom stereocenters. The van der Waals surface area contributed by atoms with Gasteiger partial charge in [-0.25, -0.2) is 9.48 Å². The zero-order valence-electron chi connectivity index (χ0n) is 15.2. The fourth-order valence-corrected chi connectivity index (χ4v) is 6.20. The van der Waals surface area contributed by atoms with Gasteiger partial charge in [-0.2, -0.15) is 0 Å². The molecule has 0 aliphatic carbocycles. The van der Waals surface area contributed by atoms with Crippen LogP contribution in [0.4, 0.5) is 0 Å². The van der Waals surface area contributed by atoms with Gasteiger partial charge in [-0.15, -0.1) is 27.1 Å². The highest BCUT2D eigenvalue weighted by atomic mass is 32.2. The predicted octanol–water partition coefficient (Wildman–Crippen LogP) is -1.49. The molecule has 0 aromatic carbocycles. The van der Waals surface area contributed by atoms with Gasteiger partial charge in [0.25, 0.3) is 5.91 Å². The minimum Gasteiger partial charge on any atom is -0.477 e. The van der Waals surface area contributed by atoms with Crippen molar-refractivity contribution in [3.8, 4) is 0 Å². The van der Waals surface area contributed by atoms with Crippen LogP contribution in [0.1, 0.15) is 5.01 Å². The molecular weight excluding hydrogens is 454 g/mol. The van der Waals surface area contributed by atoms with Gasteiger partial charge in [-0.05, 0) is 16.0 Å². The topological polar surface area (TPSA) is 182 Å². The third-order valence-electron chi connectivity index (χ3n) is 4.26. The molecule has 4 N–H and O–H groups in total.